The van der Waals surface area contributed by atoms with Crippen molar-refractivity contribution in [3.05, 3.63) is 24.3 Å². The lowest BCUT2D eigenvalue weighted by Crippen LogP contribution is -2.43. The molecule has 5 fully saturated rings. The Labute approximate surface area is 141 Å². The number of alkyl halides is 3. The molecule has 1 aromatic carbocycles. The molecule has 0 N–H and O–H groups in total. The molecule has 7 heteroatoms. The van der Waals surface area contributed by atoms with E-state index in [-0.39, 0.29) is 41.2 Å². The second-order valence-corrected chi connectivity index (χ2v) is 7.58. The third-order valence-electron chi connectivity index (χ3n) is 6.45. The van der Waals surface area contributed by atoms with Crippen LogP contribution in [0, 0.1) is 35.5 Å². The molecule has 0 radical (unpaired) electrons. The van der Waals surface area contributed by atoms with Gasteiger partial charge in [0.1, 0.15) is 5.75 Å². The Morgan fingerprint density at radius 2 is 1.56 bits per heavy atom. The van der Waals surface area contributed by atoms with Crippen LogP contribution in [0.5, 0.6) is 5.75 Å². The number of benzene rings is 1. The van der Waals surface area contributed by atoms with Gasteiger partial charge in [0.05, 0.1) is 17.5 Å². The Hall–Kier alpha value is -2.05. The summed E-state index contributed by atoms with van der Waals surface area (Å²) in [6.45, 7) is 0. The smallest absolute Gasteiger partial charge is 0.406 e. The Bertz CT molecular complexity index is 743. The lowest BCUT2D eigenvalue weighted by atomic mass is 9.59. The Kier molecular flexibility index (Phi) is 2.90. The van der Waals surface area contributed by atoms with Crippen LogP contribution in [-0.4, -0.2) is 18.2 Å². The van der Waals surface area contributed by atoms with E-state index in [1.807, 2.05) is 0 Å². The zero-order valence-corrected chi connectivity index (χ0v) is 13.2. The van der Waals surface area contributed by atoms with E-state index in [0.717, 1.165) is 36.3 Å². The molecule has 4 aliphatic carbocycles. The minimum absolute atomic E-state index is 0.166. The summed E-state index contributed by atoms with van der Waals surface area (Å²) < 4.78 is 41.2. The van der Waals surface area contributed by atoms with Gasteiger partial charge in [0.2, 0.25) is 11.8 Å². The van der Waals surface area contributed by atoms with Crippen LogP contribution < -0.4 is 9.64 Å². The van der Waals surface area contributed by atoms with Crippen LogP contribution in [0.15, 0.2) is 24.3 Å². The monoisotopic (exact) mass is 351 g/mol. The normalized spacial score (nSPS) is 38.6. The number of carbonyl (C=O) groups excluding carboxylic acids is 2. The molecule has 6 rings (SSSR count). The Morgan fingerprint density at radius 1 is 0.960 bits per heavy atom. The van der Waals surface area contributed by atoms with Crippen molar-refractivity contribution in [3.8, 4) is 5.75 Å². The highest BCUT2D eigenvalue weighted by molar-refractivity contribution is 6.22. The zero-order valence-electron chi connectivity index (χ0n) is 13.2. The summed E-state index contributed by atoms with van der Waals surface area (Å²) in [5, 5.41) is 0. The average molecular weight is 351 g/mol. The van der Waals surface area contributed by atoms with Gasteiger partial charge in [0, 0.05) is 6.07 Å². The SMILES string of the molecule is O=C1[C@@H]2[C@@H]3CC[C@@H]([C@@H]4C[C@@H]43)[C@@H]2C(=O)N1c1cccc(OC(F)(F)F)c1. The van der Waals surface area contributed by atoms with E-state index in [1.165, 1.54) is 12.1 Å². The van der Waals surface area contributed by atoms with Crippen molar-refractivity contribution in [3.63, 3.8) is 0 Å². The van der Waals surface area contributed by atoms with Gasteiger partial charge in [0.25, 0.3) is 0 Å². The molecule has 25 heavy (non-hydrogen) atoms. The average Bonchev–Trinajstić information content (AvgIpc) is 3.30. The Morgan fingerprint density at radius 3 is 2.12 bits per heavy atom. The molecule has 132 valence electrons. The molecule has 5 aliphatic rings. The number of carbonyl (C=O) groups is 2. The number of amides is 2. The van der Waals surface area contributed by atoms with Gasteiger partial charge >= 0.3 is 6.36 Å². The second-order valence-electron chi connectivity index (χ2n) is 7.58. The first-order valence-corrected chi connectivity index (χ1v) is 8.59. The van der Waals surface area contributed by atoms with Crippen LogP contribution in [0.1, 0.15) is 19.3 Å². The van der Waals surface area contributed by atoms with Crippen molar-refractivity contribution < 1.29 is 27.5 Å². The molecule has 1 heterocycles. The van der Waals surface area contributed by atoms with Gasteiger partial charge in [-0.25, -0.2) is 4.90 Å². The number of fused-ring (bicyclic) bond motifs is 1. The maximum atomic E-state index is 12.9. The first kappa shape index (κ1) is 15.2. The molecule has 2 amide bonds. The van der Waals surface area contributed by atoms with E-state index in [2.05, 4.69) is 4.74 Å². The topological polar surface area (TPSA) is 46.6 Å². The fraction of sp³-hybridized carbons (Fsp3) is 0.556. The quantitative estimate of drug-likeness (QED) is 0.768. The molecule has 4 saturated carbocycles. The van der Waals surface area contributed by atoms with Crippen LogP contribution in [0.25, 0.3) is 0 Å². The van der Waals surface area contributed by atoms with Crippen LogP contribution >= 0.6 is 0 Å². The van der Waals surface area contributed by atoms with Crippen molar-refractivity contribution in [1.82, 2.24) is 0 Å². The highest BCUT2D eigenvalue weighted by Crippen LogP contribution is 2.68. The maximum Gasteiger partial charge on any atom is 0.573 e. The number of anilines is 1. The summed E-state index contributed by atoms with van der Waals surface area (Å²) in [6, 6.07) is 5.13. The molecular weight excluding hydrogens is 335 g/mol. The summed E-state index contributed by atoms with van der Waals surface area (Å²) in [5.41, 5.74) is 0.166. The first-order valence-electron chi connectivity index (χ1n) is 8.59. The van der Waals surface area contributed by atoms with Crippen molar-refractivity contribution in [2.45, 2.75) is 25.6 Å². The summed E-state index contributed by atoms with van der Waals surface area (Å²) >= 11 is 0. The number of imide groups is 1. The molecule has 0 unspecified atom stereocenters. The number of hydrogen-bond donors (Lipinski definition) is 0. The van der Waals surface area contributed by atoms with Crippen molar-refractivity contribution in [1.29, 1.82) is 0 Å². The molecule has 1 aromatic rings. The van der Waals surface area contributed by atoms with E-state index in [4.69, 9.17) is 0 Å². The van der Waals surface area contributed by atoms with Gasteiger partial charge in [-0.1, -0.05) is 6.07 Å². The van der Waals surface area contributed by atoms with E-state index < -0.39 is 12.1 Å². The molecule has 6 atom stereocenters. The molecule has 1 saturated heterocycles. The van der Waals surface area contributed by atoms with Crippen molar-refractivity contribution in [2.75, 3.05) is 4.90 Å². The van der Waals surface area contributed by atoms with Gasteiger partial charge in [-0.15, -0.1) is 13.2 Å². The second kappa shape index (κ2) is 4.77. The number of ether oxygens (including phenoxy) is 1. The van der Waals surface area contributed by atoms with E-state index in [0.29, 0.717) is 11.8 Å². The van der Waals surface area contributed by atoms with E-state index in [9.17, 15) is 22.8 Å². The lowest BCUT2D eigenvalue weighted by molar-refractivity contribution is -0.274. The number of hydrogen-bond acceptors (Lipinski definition) is 3. The molecule has 2 bridgehead atoms. The third-order valence-corrected chi connectivity index (χ3v) is 6.45. The van der Waals surface area contributed by atoms with Crippen LogP contribution in [-0.2, 0) is 9.59 Å². The van der Waals surface area contributed by atoms with Crippen LogP contribution in [0.4, 0.5) is 18.9 Å². The van der Waals surface area contributed by atoms with Gasteiger partial charge in [-0.05, 0) is 55.1 Å². The fourth-order valence-electron chi connectivity index (χ4n) is 5.61. The van der Waals surface area contributed by atoms with Crippen molar-refractivity contribution in [2.24, 2.45) is 35.5 Å². The molecule has 0 aromatic heterocycles. The van der Waals surface area contributed by atoms with Crippen LogP contribution in [0.3, 0.4) is 0 Å². The lowest BCUT2D eigenvalue weighted by Gasteiger charge is -2.42. The van der Waals surface area contributed by atoms with Gasteiger partial charge in [-0.2, -0.15) is 0 Å². The fourth-order valence-corrected chi connectivity index (χ4v) is 5.61. The molecule has 0 spiro atoms. The Balaban J connectivity index is 1.48. The highest BCUT2D eigenvalue weighted by atomic mass is 19.4. The minimum Gasteiger partial charge on any atom is -0.406 e. The largest absolute Gasteiger partial charge is 0.573 e. The summed E-state index contributed by atoms with van der Waals surface area (Å²) in [7, 11) is 0. The predicted molar refractivity (Wildman–Crippen MR) is 80.4 cm³/mol. The summed E-state index contributed by atoms with van der Waals surface area (Å²) in [4.78, 5) is 27.0. The standard InChI is InChI=1S/C18H16F3NO3/c19-18(20,21)25-9-3-1-2-8(6-9)22-16(23)14-10-4-5-11(13-7-12(10)13)15(14)17(22)24/h1-3,6,10-15H,4-5,7H2/t10-,11+,12-,13+,14-,15+. The van der Waals surface area contributed by atoms with E-state index >= 15 is 0 Å². The number of halogens is 3. The molecule has 1 aliphatic heterocycles. The number of rotatable bonds is 2. The highest BCUT2D eigenvalue weighted by Gasteiger charge is 2.68. The van der Waals surface area contributed by atoms with Crippen LogP contribution in [0.2, 0.25) is 0 Å². The predicted octanol–water partition coefficient (Wildman–Crippen LogP) is 3.37. The van der Waals surface area contributed by atoms with Crippen molar-refractivity contribution >= 4 is 17.5 Å². The maximum absolute atomic E-state index is 12.9. The minimum atomic E-state index is -4.81. The zero-order chi connectivity index (χ0) is 17.5. The van der Waals surface area contributed by atoms with Gasteiger partial charge < -0.3 is 4.74 Å². The first-order chi connectivity index (χ1) is 11.8. The van der Waals surface area contributed by atoms with E-state index in [1.54, 1.807) is 0 Å². The van der Waals surface area contributed by atoms with Gasteiger partial charge in [-0.3, -0.25) is 9.59 Å². The molecular formula is C18H16F3NO3. The summed E-state index contributed by atoms with van der Waals surface area (Å²) in [6.07, 6.45) is -1.72. The van der Waals surface area contributed by atoms with Gasteiger partial charge in [0.15, 0.2) is 0 Å². The third kappa shape index (κ3) is 2.14. The molecule has 4 nitrogen and oxygen atoms in total. The summed E-state index contributed by atoms with van der Waals surface area (Å²) in [5.74, 6) is 0.148. The number of nitrogens with zero attached hydrogens (tertiary/aromatic N) is 1.